The Balaban J connectivity index is 1.74. The minimum Gasteiger partial charge on any atom is -0.339 e. The highest BCUT2D eigenvalue weighted by atomic mass is 32.1. The van der Waals surface area contributed by atoms with Crippen LogP contribution in [-0.4, -0.2) is 10.1 Å². The second-order valence-electron chi connectivity index (χ2n) is 5.61. The summed E-state index contributed by atoms with van der Waals surface area (Å²) in [5.74, 6) is 2.11. The first-order chi connectivity index (χ1) is 9.16. The molecule has 5 heteroatoms. The second kappa shape index (κ2) is 5.06. The minimum absolute atomic E-state index is 0.385. The van der Waals surface area contributed by atoms with E-state index in [9.17, 15) is 0 Å². The molecule has 3 rings (SSSR count). The number of nitrogens with zero attached hydrogens (tertiary/aromatic N) is 2. The van der Waals surface area contributed by atoms with E-state index in [-0.39, 0.29) is 5.54 Å². The molecule has 4 nitrogen and oxygen atoms in total. The number of thiophene rings is 1. The van der Waals surface area contributed by atoms with Crippen molar-refractivity contribution >= 4 is 11.3 Å². The summed E-state index contributed by atoms with van der Waals surface area (Å²) in [5, 5.41) is 6.17. The van der Waals surface area contributed by atoms with Crippen LogP contribution in [0, 0.1) is 5.92 Å². The van der Waals surface area contributed by atoms with E-state index >= 15 is 0 Å². The van der Waals surface area contributed by atoms with Crippen molar-refractivity contribution in [2.24, 2.45) is 11.7 Å². The van der Waals surface area contributed by atoms with Crippen molar-refractivity contribution in [3.05, 3.63) is 34.1 Å². The summed E-state index contributed by atoms with van der Waals surface area (Å²) in [6.07, 6.45) is 4.89. The van der Waals surface area contributed by atoms with Crippen LogP contribution in [-0.2, 0) is 12.0 Å². The van der Waals surface area contributed by atoms with Gasteiger partial charge in [-0.25, -0.2) is 0 Å². The summed E-state index contributed by atoms with van der Waals surface area (Å²) < 4.78 is 5.35. The van der Waals surface area contributed by atoms with Gasteiger partial charge >= 0.3 is 0 Å². The highest BCUT2D eigenvalue weighted by Gasteiger charge is 2.36. The molecule has 102 valence electrons. The summed E-state index contributed by atoms with van der Waals surface area (Å²) in [6, 6.07) is 4.11. The largest absolute Gasteiger partial charge is 0.339 e. The van der Waals surface area contributed by atoms with E-state index in [0.29, 0.717) is 18.1 Å². The maximum atomic E-state index is 6.45. The molecule has 2 aromatic rings. The highest BCUT2D eigenvalue weighted by molar-refractivity contribution is 7.09. The molecule has 1 aliphatic rings. The number of aromatic nitrogens is 2. The molecule has 2 N–H and O–H groups in total. The summed E-state index contributed by atoms with van der Waals surface area (Å²) in [7, 11) is 0. The van der Waals surface area contributed by atoms with Gasteiger partial charge in [0.2, 0.25) is 5.89 Å². The zero-order valence-electron chi connectivity index (χ0n) is 11.1. The predicted octanol–water partition coefficient (Wildman–Crippen LogP) is 3.09. The van der Waals surface area contributed by atoms with Gasteiger partial charge in [-0.3, -0.25) is 0 Å². The lowest BCUT2D eigenvalue weighted by Gasteiger charge is -2.33. The zero-order chi connectivity index (χ0) is 13.3. The van der Waals surface area contributed by atoms with Crippen LogP contribution in [0.5, 0.6) is 0 Å². The maximum absolute atomic E-state index is 6.45. The summed E-state index contributed by atoms with van der Waals surface area (Å²) in [5.41, 5.74) is 6.06. The second-order valence-corrected chi connectivity index (χ2v) is 6.64. The van der Waals surface area contributed by atoms with Crippen LogP contribution < -0.4 is 5.73 Å². The Kier molecular flexibility index (Phi) is 3.41. The lowest BCUT2D eigenvalue weighted by molar-refractivity contribution is 0.230. The number of hydrogen-bond donors (Lipinski definition) is 1. The lowest BCUT2D eigenvalue weighted by Crippen LogP contribution is -2.41. The van der Waals surface area contributed by atoms with Crippen molar-refractivity contribution in [1.82, 2.24) is 10.1 Å². The fourth-order valence-corrected chi connectivity index (χ4v) is 3.29. The normalized spacial score (nSPS) is 27.6. The fourth-order valence-electron chi connectivity index (χ4n) is 2.59. The van der Waals surface area contributed by atoms with Gasteiger partial charge in [0.05, 0.1) is 12.0 Å². The van der Waals surface area contributed by atoms with Crippen molar-refractivity contribution < 1.29 is 4.52 Å². The van der Waals surface area contributed by atoms with Crippen LogP contribution in [0.4, 0.5) is 0 Å². The van der Waals surface area contributed by atoms with Crippen molar-refractivity contribution in [3.63, 3.8) is 0 Å². The number of nitrogens with two attached hydrogens (primary N) is 1. The standard InChI is InChI=1S/C14H19N3OS/c1-10-4-6-14(15,7-5-10)13-16-12(18-17-13)9-11-3-2-8-19-11/h2-3,8,10H,4-7,9,15H2,1H3. The van der Waals surface area contributed by atoms with Gasteiger partial charge in [0.15, 0.2) is 5.82 Å². The monoisotopic (exact) mass is 277 g/mol. The molecule has 0 radical (unpaired) electrons. The van der Waals surface area contributed by atoms with Gasteiger partial charge in [0, 0.05) is 4.88 Å². The Hall–Kier alpha value is -1.20. The van der Waals surface area contributed by atoms with Gasteiger partial charge < -0.3 is 10.3 Å². The van der Waals surface area contributed by atoms with Gasteiger partial charge in [-0.05, 0) is 43.0 Å². The van der Waals surface area contributed by atoms with Crippen LogP contribution >= 0.6 is 11.3 Å². The Labute approximate surface area is 117 Å². The number of rotatable bonds is 3. The van der Waals surface area contributed by atoms with Gasteiger partial charge in [-0.2, -0.15) is 4.98 Å². The van der Waals surface area contributed by atoms with Crippen LogP contribution in [0.3, 0.4) is 0 Å². The summed E-state index contributed by atoms with van der Waals surface area (Å²) in [4.78, 5) is 5.74. The van der Waals surface area contributed by atoms with Crippen LogP contribution in [0.2, 0.25) is 0 Å². The highest BCUT2D eigenvalue weighted by Crippen LogP contribution is 2.36. The van der Waals surface area contributed by atoms with E-state index in [0.717, 1.165) is 31.6 Å². The Morgan fingerprint density at radius 1 is 1.47 bits per heavy atom. The summed E-state index contributed by atoms with van der Waals surface area (Å²) in [6.45, 7) is 2.28. The van der Waals surface area contributed by atoms with E-state index in [2.05, 4.69) is 28.5 Å². The molecule has 0 bridgehead atoms. The van der Waals surface area contributed by atoms with Gasteiger partial charge in [0.1, 0.15) is 0 Å². The molecular weight excluding hydrogens is 258 g/mol. The lowest BCUT2D eigenvalue weighted by atomic mass is 9.77. The first kappa shape index (κ1) is 12.8. The third-order valence-electron chi connectivity index (χ3n) is 3.99. The van der Waals surface area contributed by atoms with Crippen molar-refractivity contribution in [3.8, 4) is 0 Å². The number of hydrogen-bond acceptors (Lipinski definition) is 5. The summed E-state index contributed by atoms with van der Waals surface area (Å²) >= 11 is 1.70. The molecule has 0 aliphatic heterocycles. The molecule has 19 heavy (non-hydrogen) atoms. The molecular formula is C14H19N3OS. The molecule has 2 heterocycles. The van der Waals surface area contributed by atoms with Crippen LogP contribution in [0.15, 0.2) is 22.0 Å². The molecule has 1 saturated carbocycles. The smallest absolute Gasteiger partial charge is 0.231 e. The van der Waals surface area contributed by atoms with E-state index in [1.807, 2.05) is 6.07 Å². The fraction of sp³-hybridized carbons (Fsp3) is 0.571. The Bertz CT molecular complexity index is 527. The SMILES string of the molecule is CC1CCC(N)(c2noc(Cc3cccs3)n2)CC1. The topological polar surface area (TPSA) is 64.9 Å². The average Bonchev–Trinajstić information content (AvgIpc) is 3.05. The first-order valence-corrected chi connectivity index (χ1v) is 7.68. The molecule has 2 aromatic heterocycles. The van der Waals surface area contributed by atoms with Gasteiger partial charge in [-0.1, -0.05) is 18.1 Å². The molecule has 0 amide bonds. The molecule has 0 aromatic carbocycles. The van der Waals surface area contributed by atoms with E-state index < -0.39 is 0 Å². The Morgan fingerprint density at radius 2 is 2.26 bits per heavy atom. The third-order valence-corrected chi connectivity index (χ3v) is 4.86. The quantitative estimate of drug-likeness (QED) is 0.936. The predicted molar refractivity (Wildman–Crippen MR) is 74.9 cm³/mol. The van der Waals surface area contributed by atoms with E-state index in [1.165, 1.54) is 4.88 Å². The average molecular weight is 277 g/mol. The van der Waals surface area contributed by atoms with Crippen LogP contribution in [0.1, 0.15) is 49.2 Å². The molecule has 0 unspecified atom stereocenters. The first-order valence-electron chi connectivity index (χ1n) is 6.80. The van der Waals surface area contributed by atoms with Crippen LogP contribution in [0.25, 0.3) is 0 Å². The molecule has 1 aliphatic carbocycles. The Morgan fingerprint density at radius 3 is 2.95 bits per heavy atom. The van der Waals surface area contributed by atoms with Crippen molar-refractivity contribution in [2.75, 3.05) is 0 Å². The maximum Gasteiger partial charge on any atom is 0.231 e. The van der Waals surface area contributed by atoms with Crippen molar-refractivity contribution in [2.45, 2.75) is 44.6 Å². The third kappa shape index (κ3) is 2.72. The zero-order valence-corrected chi connectivity index (χ0v) is 11.9. The van der Waals surface area contributed by atoms with E-state index in [1.54, 1.807) is 11.3 Å². The molecule has 0 spiro atoms. The minimum atomic E-state index is -0.385. The molecule has 1 fully saturated rings. The molecule has 0 atom stereocenters. The van der Waals surface area contributed by atoms with Gasteiger partial charge in [-0.15, -0.1) is 11.3 Å². The van der Waals surface area contributed by atoms with E-state index in [4.69, 9.17) is 10.3 Å². The van der Waals surface area contributed by atoms with Crippen molar-refractivity contribution in [1.29, 1.82) is 0 Å². The van der Waals surface area contributed by atoms with Gasteiger partial charge in [0.25, 0.3) is 0 Å². The molecule has 0 saturated heterocycles.